The predicted molar refractivity (Wildman–Crippen MR) is 93.4 cm³/mol. The molecule has 1 unspecified atom stereocenters. The highest BCUT2D eigenvalue weighted by Crippen LogP contribution is 2.22. The molecule has 1 heterocycles. The van der Waals surface area contributed by atoms with E-state index >= 15 is 0 Å². The van der Waals surface area contributed by atoms with Gasteiger partial charge < -0.3 is 10.4 Å². The number of fused-ring (bicyclic) bond motifs is 1. The molecule has 4 heteroatoms. The Morgan fingerprint density at radius 3 is 2.61 bits per heavy atom. The van der Waals surface area contributed by atoms with E-state index in [0.717, 1.165) is 34.1 Å². The molecule has 4 nitrogen and oxygen atoms in total. The van der Waals surface area contributed by atoms with Crippen molar-refractivity contribution in [3.63, 3.8) is 0 Å². The third-order valence-corrected chi connectivity index (χ3v) is 4.16. The molecule has 0 spiro atoms. The van der Waals surface area contributed by atoms with Gasteiger partial charge in [-0.05, 0) is 43.4 Å². The average molecular weight is 314 g/mol. The van der Waals surface area contributed by atoms with Gasteiger partial charge >= 0.3 is 0 Å². The SMILES string of the molecule is Cc1nc2ccccc2c(C)c1CC(=O)NC(CO)CC(C)C. The van der Waals surface area contributed by atoms with Crippen molar-refractivity contribution in [1.29, 1.82) is 0 Å². The van der Waals surface area contributed by atoms with E-state index in [1.807, 2.05) is 38.1 Å². The van der Waals surface area contributed by atoms with Crippen molar-refractivity contribution < 1.29 is 9.90 Å². The second-order valence-electron chi connectivity index (χ2n) is 6.57. The predicted octanol–water partition coefficient (Wildman–Crippen LogP) is 2.92. The molecule has 1 aromatic carbocycles. The van der Waals surface area contributed by atoms with Gasteiger partial charge in [0.15, 0.2) is 0 Å². The lowest BCUT2D eigenvalue weighted by Gasteiger charge is -2.19. The summed E-state index contributed by atoms with van der Waals surface area (Å²) in [6.07, 6.45) is 1.07. The molecule has 0 aliphatic rings. The Labute approximate surface area is 137 Å². The maximum Gasteiger partial charge on any atom is 0.224 e. The van der Waals surface area contributed by atoms with Crippen molar-refractivity contribution >= 4 is 16.8 Å². The highest BCUT2D eigenvalue weighted by molar-refractivity contribution is 5.86. The Bertz CT molecular complexity index is 695. The van der Waals surface area contributed by atoms with E-state index in [9.17, 15) is 9.90 Å². The quantitative estimate of drug-likeness (QED) is 0.862. The Balaban J connectivity index is 2.19. The molecule has 0 bridgehead atoms. The summed E-state index contributed by atoms with van der Waals surface area (Å²) in [5.41, 5.74) is 3.93. The van der Waals surface area contributed by atoms with Crippen LogP contribution in [-0.2, 0) is 11.2 Å². The molecule has 1 amide bonds. The van der Waals surface area contributed by atoms with Gasteiger partial charge in [0.2, 0.25) is 5.91 Å². The summed E-state index contributed by atoms with van der Waals surface area (Å²) in [6, 6.07) is 7.80. The zero-order valence-corrected chi connectivity index (χ0v) is 14.4. The van der Waals surface area contributed by atoms with Gasteiger partial charge in [0.05, 0.1) is 24.6 Å². The summed E-state index contributed by atoms with van der Waals surface area (Å²) >= 11 is 0. The summed E-state index contributed by atoms with van der Waals surface area (Å²) in [4.78, 5) is 17.0. The Morgan fingerprint density at radius 1 is 1.26 bits per heavy atom. The van der Waals surface area contributed by atoms with E-state index in [1.165, 1.54) is 0 Å². The van der Waals surface area contributed by atoms with Crippen LogP contribution in [0.2, 0.25) is 0 Å². The minimum atomic E-state index is -0.184. The van der Waals surface area contributed by atoms with Crippen LogP contribution >= 0.6 is 0 Å². The van der Waals surface area contributed by atoms with Gasteiger partial charge in [-0.3, -0.25) is 9.78 Å². The second kappa shape index (κ2) is 7.55. The van der Waals surface area contributed by atoms with Crippen LogP contribution in [0.4, 0.5) is 0 Å². The van der Waals surface area contributed by atoms with Crippen molar-refractivity contribution in [3.8, 4) is 0 Å². The van der Waals surface area contributed by atoms with E-state index in [0.29, 0.717) is 12.3 Å². The molecule has 23 heavy (non-hydrogen) atoms. The number of aromatic nitrogens is 1. The summed E-state index contributed by atoms with van der Waals surface area (Å²) in [7, 11) is 0. The van der Waals surface area contributed by atoms with Crippen molar-refractivity contribution in [2.24, 2.45) is 5.92 Å². The van der Waals surface area contributed by atoms with Gasteiger partial charge in [-0.15, -0.1) is 0 Å². The van der Waals surface area contributed by atoms with E-state index in [-0.39, 0.29) is 18.6 Å². The minimum Gasteiger partial charge on any atom is -0.394 e. The third kappa shape index (κ3) is 4.29. The molecule has 2 aromatic rings. The molecule has 2 rings (SSSR count). The highest BCUT2D eigenvalue weighted by Gasteiger charge is 2.16. The fourth-order valence-corrected chi connectivity index (χ4v) is 3.02. The van der Waals surface area contributed by atoms with Crippen molar-refractivity contribution in [2.45, 2.75) is 46.6 Å². The van der Waals surface area contributed by atoms with Crippen LogP contribution < -0.4 is 5.32 Å². The van der Waals surface area contributed by atoms with Gasteiger partial charge in [-0.1, -0.05) is 32.0 Å². The van der Waals surface area contributed by atoms with Crippen LogP contribution in [-0.4, -0.2) is 28.6 Å². The lowest BCUT2D eigenvalue weighted by Crippen LogP contribution is -2.39. The zero-order valence-electron chi connectivity index (χ0n) is 14.4. The number of rotatable bonds is 6. The molecule has 0 radical (unpaired) electrons. The maximum absolute atomic E-state index is 12.4. The highest BCUT2D eigenvalue weighted by atomic mass is 16.3. The van der Waals surface area contributed by atoms with Crippen molar-refractivity contribution in [3.05, 3.63) is 41.1 Å². The number of benzene rings is 1. The molecular formula is C19H26N2O2. The largest absolute Gasteiger partial charge is 0.394 e. The first-order chi connectivity index (χ1) is 10.9. The van der Waals surface area contributed by atoms with Crippen LogP contribution in [0.25, 0.3) is 10.9 Å². The number of pyridine rings is 1. The number of para-hydroxylation sites is 1. The lowest BCUT2D eigenvalue weighted by molar-refractivity contribution is -0.121. The summed E-state index contributed by atoms with van der Waals surface area (Å²) in [5.74, 6) is 0.367. The molecular weight excluding hydrogens is 288 g/mol. The summed E-state index contributed by atoms with van der Waals surface area (Å²) in [5, 5.41) is 13.4. The molecule has 0 fully saturated rings. The van der Waals surface area contributed by atoms with Crippen molar-refractivity contribution in [2.75, 3.05) is 6.61 Å². The van der Waals surface area contributed by atoms with Gasteiger partial charge in [0, 0.05) is 11.1 Å². The standard InChI is InChI=1S/C19H26N2O2/c1-12(2)9-15(11-22)21-19(23)10-17-13(3)16-7-5-6-8-18(16)20-14(17)4/h5-8,12,15,22H,9-11H2,1-4H3,(H,21,23). The second-order valence-corrected chi connectivity index (χ2v) is 6.57. The summed E-state index contributed by atoms with van der Waals surface area (Å²) in [6.45, 7) is 8.11. The average Bonchev–Trinajstić information content (AvgIpc) is 2.50. The Kier molecular flexibility index (Phi) is 5.72. The first kappa shape index (κ1) is 17.4. The number of hydrogen-bond acceptors (Lipinski definition) is 3. The van der Waals surface area contributed by atoms with Crippen molar-refractivity contribution in [1.82, 2.24) is 10.3 Å². The number of nitrogens with one attached hydrogen (secondary N) is 1. The number of aryl methyl sites for hydroxylation is 2. The topological polar surface area (TPSA) is 62.2 Å². The van der Waals surface area contributed by atoms with Gasteiger partial charge in [-0.25, -0.2) is 0 Å². The first-order valence-corrected chi connectivity index (χ1v) is 8.17. The van der Waals surface area contributed by atoms with E-state index in [1.54, 1.807) is 0 Å². The van der Waals surface area contributed by atoms with Gasteiger partial charge in [-0.2, -0.15) is 0 Å². The van der Waals surface area contributed by atoms with E-state index in [2.05, 4.69) is 24.1 Å². The number of carbonyl (C=O) groups excluding carboxylic acids is 1. The fraction of sp³-hybridized carbons (Fsp3) is 0.474. The number of nitrogens with zero attached hydrogens (tertiary/aromatic N) is 1. The fourth-order valence-electron chi connectivity index (χ4n) is 3.02. The van der Waals surface area contributed by atoms with E-state index in [4.69, 9.17) is 0 Å². The number of hydrogen-bond donors (Lipinski definition) is 2. The molecule has 0 aliphatic carbocycles. The summed E-state index contributed by atoms with van der Waals surface area (Å²) < 4.78 is 0. The lowest BCUT2D eigenvalue weighted by atomic mass is 9.98. The molecule has 0 aliphatic heterocycles. The number of aliphatic hydroxyl groups excluding tert-OH is 1. The normalized spacial score (nSPS) is 12.6. The van der Waals surface area contributed by atoms with Crippen LogP contribution in [0.5, 0.6) is 0 Å². The number of aliphatic hydroxyl groups is 1. The smallest absolute Gasteiger partial charge is 0.224 e. The monoisotopic (exact) mass is 314 g/mol. The van der Waals surface area contributed by atoms with Crippen LogP contribution in [0.3, 0.4) is 0 Å². The molecule has 0 saturated heterocycles. The molecule has 0 saturated carbocycles. The molecule has 2 N–H and O–H groups in total. The van der Waals surface area contributed by atoms with E-state index < -0.39 is 0 Å². The maximum atomic E-state index is 12.4. The van der Waals surface area contributed by atoms with Gasteiger partial charge in [0.25, 0.3) is 0 Å². The third-order valence-electron chi connectivity index (χ3n) is 4.16. The Hall–Kier alpha value is -1.94. The van der Waals surface area contributed by atoms with Gasteiger partial charge in [0.1, 0.15) is 0 Å². The molecule has 1 aromatic heterocycles. The van der Waals surface area contributed by atoms with Crippen LogP contribution in [0.15, 0.2) is 24.3 Å². The van der Waals surface area contributed by atoms with Crippen LogP contribution in [0, 0.1) is 19.8 Å². The Morgan fingerprint density at radius 2 is 1.96 bits per heavy atom. The van der Waals surface area contributed by atoms with Crippen LogP contribution in [0.1, 0.15) is 37.1 Å². The molecule has 124 valence electrons. The minimum absolute atomic E-state index is 0.0299. The number of carbonyl (C=O) groups is 1. The number of amides is 1. The first-order valence-electron chi connectivity index (χ1n) is 8.17. The molecule has 1 atom stereocenters. The zero-order chi connectivity index (χ0) is 17.0.